The third kappa shape index (κ3) is 3.63. The maximum absolute atomic E-state index is 11.8. The van der Waals surface area contributed by atoms with Crippen molar-refractivity contribution in [3.8, 4) is 5.75 Å². The maximum Gasteiger partial charge on any atom is 0.308 e. The van der Waals surface area contributed by atoms with Crippen molar-refractivity contribution in [3.63, 3.8) is 0 Å². The monoisotopic (exact) mass is 299 g/mol. The molecule has 0 aliphatic carbocycles. The molecule has 1 amide bonds. The number of carbonyl (C=O) groups is 2. The quantitative estimate of drug-likeness (QED) is 0.908. The average Bonchev–Trinajstić information content (AvgIpc) is 2.37. The van der Waals surface area contributed by atoms with Crippen molar-refractivity contribution < 1.29 is 19.4 Å². The lowest BCUT2D eigenvalue weighted by Gasteiger charge is -2.25. The first kappa shape index (κ1) is 16.3. The first-order chi connectivity index (χ1) is 9.27. The molecule has 0 heterocycles. The first-order valence-electron chi connectivity index (χ1n) is 6.13. The second-order valence-corrected chi connectivity index (χ2v) is 5.05. The number of carbonyl (C=O) groups excluding carboxylic acids is 1. The van der Waals surface area contributed by atoms with Crippen LogP contribution < -0.4 is 9.64 Å². The van der Waals surface area contributed by atoms with E-state index in [4.69, 9.17) is 21.4 Å². The van der Waals surface area contributed by atoms with Crippen LogP contribution in [0.4, 0.5) is 5.69 Å². The number of hydrogen-bond donors (Lipinski definition) is 1. The van der Waals surface area contributed by atoms with Crippen molar-refractivity contribution in [2.24, 2.45) is 5.92 Å². The molecular formula is C14H18ClNO4. The predicted octanol–water partition coefficient (Wildman–Crippen LogP) is 2.73. The third-order valence-electron chi connectivity index (χ3n) is 3.01. The van der Waals surface area contributed by atoms with Crippen LogP contribution in [0, 0.1) is 12.8 Å². The van der Waals surface area contributed by atoms with E-state index < -0.39 is 11.9 Å². The number of rotatable bonds is 5. The Balaban J connectivity index is 3.24. The van der Waals surface area contributed by atoms with Gasteiger partial charge in [-0.05, 0) is 18.6 Å². The van der Waals surface area contributed by atoms with Crippen LogP contribution in [0.15, 0.2) is 12.1 Å². The molecule has 0 aliphatic heterocycles. The molecule has 110 valence electrons. The Kier molecular flexibility index (Phi) is 5.39. The fraction of sp³-hybridized carbons (Fsp3) is 0.429. The van der Waals surface area contributed by atoms with Gasteiger partial charge in [-0.25, -0.2) is 0 Å². The van der Waals surface area contributed by atoms with E-state index in [9.17, 15) is 9.59 Å². The van der Waals surface area contributed by atoms with E-state index in [0.29, 0.717) is 16.5 Å². The summed E-state index contributed by atoms with van der Waals surface area (Å²) in [4.78, 5) is 24.2. The van der Waals surface area contributed by atoms with Crippen LogP contribution in [0.2, 0.25) is 5.02 Å². The van der Waals surface area contributed by atoms with Gasteiger partial charge in [0.2, 0.25) is 5.91 Å². The summed E-state index contributed by atoms with van der Waals surface area (Å²) in [6.07, 6.45) is 0. The maximum atomic E-state index is 11.8. The number of hydrogen-bond acceptors (Lipinski definition) is 3. The van der Waals surface area contributed by atoms with Gasteiger partial charge in [0.1, 0.15) is 5.75 Å². The number of nitrogens with zero attached hydrogens (tertiary/aromatic N) is 1. The summed E-state index contributed by atoms with van der Waals surface area (Å²) in [5, 5.41) is 9.52. The van der Waals surface area contributed by atoms with Crippen molar-refractivity contribution in [3.05, 3.63) is 22.7 Å². The molecule has 1 unspecified atom stereocenters. The number of halogens is 1. The summed E-state index contributed by atoms with van der Waals surface area (Å²) in [5.74, 6) is -1.45. The molecule has 0 spiro atoms. The van der Waals surface area contributed by atoms with E-state index in [1.165, 1.54) is 18.9 Å². The zero-order chi connectivity index (χ0) is 15.4. The Morgan fingerprint density at radius 3 is 2.50 bits per heavy atom. The molecule has 0 aliphatic rings. The Labute approximate surface area is 123 Å². The van der Waals surface area contributed by atoms with Gasteiger partial charge in [0.15, 0.2) is 0 Å². The summed E-state index contributed by atoms with van der Waals surface area (Å²) in [6.45, 7) is 4.82. The molecule has 0 saturated carbocycles. The highest BCUT2D eigenvalue weighted by atomic mass is 35.5. The second kappa shape index (κ2) is 6.61. The molecule has 1 rings (SSSR count). The summed E-state index contributed by atoms with van der Waals surface area (Å²) in [7, 11) is 1.48. The molecule has 1 N–H and O–H groups in total. The number of aryl methyl sites for hydroxylation is 1. The van der Waals surface area contributed by atoms with Gasteiger partial charge in [-0.2, -0.15) is 0 Å². The smallest absolute Gasteiger partial charge is 0.308 e. The largest absolute Gasteiger partial charge is 0.495 e. The number of carboxylic acid groups (broad SMARTS) is 1. The van der Waals surface area contributed by atoms with Crippen molar-refractivity contribution in [1.29, 1.82) is 0 Å². The molecule has 1 aromatic carbocycles. The van der Waals surface area contributed by atoms with Gasteiger partial charge in [0.25, 0.3) is 0 Å². The average molecular weight is 300 g/mol. The SMILES string of the molecule is COc1cc(Cl)c(C)cc1N(CC(C)C(=O)O)C(C)=O. The number of anilines is 1. The van der Waals surface area contributed by atoms with Crippen LogP contribution in [-0.4, -0.2) is 30.6 Å². The van der Waals surface area contributed by atoms with E-state index in [-0.39, 0.29) is 12.5 Å². The lowest BCUT2D eigenvalue weighted by Crippen LogP contribution is -2.35. The number of methoxy groups -OCH3 is 1. The molecule has 6 heteroatoms. The fourth-order valence-corrected chi connectivity index (χ4v) is 1.92. The van der Waals surface area contributed by atoms with E-state index in [2.05, 4.69) is 0 Å². The Morgan fingerprint density at radius 2 is 2.05 bits per heavy atom. The van der Waals surface area contributed by atoms with Crippen LogP contribution in [0.3, 0.4) is 0 Å². The number of benzene rings is 1. The molecule has 1 atom stereocenters. The minimum absolute atomic E-state index is 0.0715. The number of aliphatic carboxylic acids is 1. The van der Waals surface area contributed by atoms with Crippen LogP contribution in [0.25, 0.3) is 0 Å². The minimum atomic E-state index is -0.957. The van der Waals surface area contributed by atoms with Crippen molar-refractivity contribution in [1.82, 2.24) is 0 Å². The van der Waals surface area contributed by atoms with Crippen LogP contribution in [0.1, 0.15) is 19.4 Å². The van der Waals surface area contributed by atoms with Gasteiger partial charge in [0, 0.05) is 24.6 Å². The lowest BCUT2D eigenvalue weighted by atomic mass is 10.1. The number of ether oxygens (including phenoxy) is 1. The zero-order valence-corrected chi connectivity index (χ0v) is 12.7. The first-order valence-corrected chi connectivity index (χ1v) is 6.50. The summed E-state index contributed by atoms with van der Waals surface area (Å²) < 4.78 is 5.23. The summed E-state index contributed by atoms with van der Waals surface area (Å²) >= 11 is 6.03. The molecule has 0 fully saturated rings. The number of carboxylic acids is 1. The number of amides is 1. The zero-order valence-electron chi connectivity index (χ0n) is 11.9. The summed E-state index contributed by atoms with van der Waals surface area (Å²) in [5.41, 5.74) is 1.31. The Bertz CT molecular complexity index is 530. The molecule has 20 heavy (non-hydrogen) atoms. The van der Waals surface area contributed by atoms with Gasteiger partial charge in [-0.15, -0.1) is 0 Å². The fourth-order valence-electron chi connectivity index (χ4n) is 1.77. The van der Waals surface area contributed by atoms with Gasteiger partial charge < -0.3 is 14.7 Å². The minimum Gasteiger partial charge on any atom is -0.495 e. The second-order valence-electron chi connectivity index (χ2n) is 4.64. The molecule has 0 aromatic heterocycles. The van der Waals surface area contributed by atoms with Crippen molar-refractivity contribution in [2.45, 2.75) is 20.8 Å². The van der Waals surface area contributed by atoms with Gasteiger partial charge in [0.05, 0.1) is 18.7 Å². The molecule has 0 radical (unpaired) electrons. The molecule has 1 aromatic rings. The molecule has 0 bridgehead atoms. The Morgan fingerprint density at radius 1 is 1.45 bits per heavy atom. The van der Waals surface area contributed by atoms with Crippen LogP contribution in [-0.2, 0) is 9.59 Å². The topological polar surface area (TPSA) is 66.8 Å². The van der Waals surface area contributed by atoms with Gasteiger partial charge >= 0.3 is 5.97 Å². The third-order valence-corrected chi connectivity index (χ3v) is 3.42. The normalized spacial score (nSPS) is 11.8. The molecular weight excluding hydrogens is 282 g/mol. The van der Waals surface area contributed by atoms with E-state index in [0.717, 1.165) is 5.56 Å². The predicted molar refractivity (Wildman–Crippen MR) is 77.6 cm³/mol. The molecule has 0 saturated heterocycles. The van der Waals surface area contributed by atoms with Crippen molar-refractivity contribution in [2.75, 3.05) is 18.6 Å². The van der Waals surface area contributed by atoms with Crippen molar-refractivity contribution >= 4 is 29.2 Å². The van der Waals surface area contributed by atoms with Gasteiger partial charge in [-0.3, -0.25) is 9.59 Å². The highest BCUT2D eigenvalue weighted by Gasteiger charge is 2.23. The van der Waals surface area contributed by atoms with E-state index >= 15 is 0 Å². The Hall–Kier alpha value is -1.75. The lowest BCUT2D eigenvalue weighted by molar-refractivity contribution is -0.140. The highest BCUT2D eigenvalue weighted by molar-refractivity contribution is 6.31. The highest BCUT2D eigenvalue weighted by Crippen LogP contribution is 2.34. The standard InChI is InChI=1S/C14H18ClNO4/c1-8-5-12(13(20-4)6-11(8)15)16(10(3)17)7-9(2)14(18)19/h5-6,9H,7H2,1-4H3,(H,18,19). The van der Waals surface area contributed by atoms with Crippen LogP contribution in [0.5, 0.6) is 5.75 Å². The van der Waals surface area contributed by atoms with Crippen LogP contribution >= 0.6 is 11.6 Å². The van der Waals surface area contributed by atoms with Gasteiger partial charge in [-0.1, -0.05) is 18.5 Å². The molecule has 5 nitrogen and oxygen atoms in total. The van der Waals surface area contributed by atoms with E-state index in [1.807, 2.05) is 6.92 Å². The van der Waals surface area contributed by atoms with E-state index in [1.54, 1.807) is 19.1 Å². The summed E-state index contributed by atoms with van der Waals surface area (Å²) in [6, 6.07) is 3.34.